The van der Waals surface area contributed by atoms with E-state index < -0.39 is 10.8 Å². The molecule has 2 aromatic carbocycles. The Hall–Kier alpha value is -2.44. The summed E-state index contributed by atoms with van der Waals surface area (Å²) in [6.45, 7) is 0. The average Bonchev–Trinajstić information content (AvgIpc) is 2.51. The Morgan fingerprint density at radius 2 is 1.96 bits per heavy atom. The van der Waals surface area contributed by atoms with Gasteiger partial charge in [0.15, 0.2) is 0 Å². The molecule has 0 fully saturated rings. The van der Waals surface area contributed by atoms with Crippen molar-refractivity contribution in [1.82, 2.24) is 5.43 Å². The van der Waals surface area contributed by atoms with Gasteiger partial charge in [-0.1, -0.05) is 47.5 Å². The minimum Gasteiger partial charge on any atom is -0.273 e. The van der Waals surface area contributed by atoms with Crippen LogP contribution in [-0.4, -0.2) is 17.0 Å². The van der Waals surface area contributed by atoms with Crippen LogP contribution in [-0.2, 0) is 11.2 Å². The van der Waals surface area contributed by atoms with Crippen LogP contribution in [0.4, 0.5) is 5.69 Å². The summed E-state index contributed by atoms with van der Waals surface area (Å²) in [5.74, 6) is -0.462. The molecule has 0 saturated heterocycles. The van der Waals surface area contributed by atoms with Crippen LogP contribution < -0.4 is 5.43 Å². The summed E-state index contributed by atoms with van der Waals surface area (Å²) in [5, 5.41) is 15.5. The fraction of sp³-hybridized carbons (Fsp3) is 0.0667. The van der Waals surface area contributed by atoms with Gasteiger partial charge in [-0.15, -0.1) is 0 Å². The van der Waals surface area contributed by atoms with E-state index >= 15 is 0 Å². The topological polar surface area (TPSA) is 84.6 Å². The molecule has 0 heterocycles. The summed E-state index contributed by atoms with van der Waals surface area (Å²) in [4.78, 5) is 22.2. The van der Waals surface area contributed by atoms with Crippen LogP contribution in [0.2, 0.25) is 10.0 Å². The summed E-state index contributed by atoms with van der Waals surface area (Å²) in [5.41, 5.74) is 3.19. The van der Waals surface area contributed by atoms with Gasteiger partial charge in [0, 0.05) is 11.6 Å². The Balaban J connectivity index is 1.99. The highest BCUT2D eigenvalue weighted by atomic mass is 35.5. The van der Waals surface area contributed by atoms with E-state index in [4.69, 9.17) is 23.2 Å². The molecule has 118 valence electrons. The lowest BCUT2D eigenvalue weighted by molar-refractivity contribution is -0.385. The Kier molecular flexibility index (Phi) is 5.67. The number of para-hydroxylation sites is 1. The number of amides is 1. The molecule has 1 amide bonds. The molecule has 0 aliphatic rings. The summed E-state index contributed by atoms with van der Waals surface area (Å²) in [7, 11) is 0. The van der Waals surface area contributed by atoms with Gasteiger partial charge < -0.3 is 0 Å². The van der Waals surface area contributed by atoms with E-state index in [0.717, 1.165) is 0 Å². The van der Waals surface area contributed by atoms with Gasteiger partial charge in [0.25, 0.3) is 5.69 Å². The minimum atomic E-state index is -0.526. The zero-order valence-electron chi connectivity index (χ0n) is 11.7. The van der Waals surface area contributed by atoms with Gasteiger partial charge in [0.2, 0.25) is 5.91 Å². The first-order valence-corrected chi connectivity index (χ1v) is 7.22. The maximum Gasteiger partial charge on any atom is 0.273 e. The summed E-state index contributed by atoms with van der Waals surface area (Å²) in [6.07, 6.45) is 1.26. The average molecular weight is 352 g/mol. The number of halogens is 2. The van der Waals surface area contributed by atoms with E-state index in [1.807, 2.05) is 0 Å². The smallest absolute Gasteiger partial charge is 0.273 e. The van der Waals surface area contributed by atoms with Crippen LogP contribution in [0.3, 0.4) is 0 Å². The summed E-state index contributed by atoms with van der Waals surface area (Å²) < 4.78 is 0. The molecule has 0 atom stereocenters. The molecule has 0 unspecified atom stereocenters. The molecule has 23 heavy (non-hydrogen) atoms. The van der Waals surface area contributed by atoms with Crippen molar-refractivity contribution in [2.45, 2.75) is 6.42 Å². The Morgan fingerprint density at radius 1 is 1.22 bits per heavy atom. The van der Waals surface area contributed by atoms with Crippen molar-refractivity contribution >= 4 is 41.0 Å². The van der Waals surface area contributed by atoms with Gasteiger partial charge in [0.1, 0.15) is 0 Å². The zero-order valence-corrected chi connectivity index (χ0v) is 13.2. The quantitative estimate of drug-likeness (QED) is 0.507. The number of nitrogens with one attached hydrogen (secondary N) is 1. The van der Waals surface area contributed by atoms with Crippen molar-refractivity contribution in [3.8, 4) is 0 Å². The lowest BCUT2D eigenvalue weighted by atomic mass is 10.1. The number of carbonyl (C=O) groups excluding carboxylic acids is 1. The second-order valence-electron chi connectivity index (χ2n) is 4.53. The molecule has 0 aromatic heterocycles. The number of benzene rings is 2. The first-order valence-electron chi connectivity index (χ1n) is 6.46. The fourth-order valence-electron chi connectivity index (χ4n) is 1.82. The van der Waals surface area contributed by atoms with Crippen LogP contribution in [0, 0.1) is 10.1 Å². The van der Waals surface area contributed by atoms with E-state index in [2.05, 4.69) is 10.5 Å². The van der Waals surface area contributed by atoms with Gasteiger partial charge >= 0.3 is 0 Å². The maximum atomic E-state index is 11.8. The van der Waals surface area contributed by atoms with Crippen molar-refractivity contribution in [3.05, 3.63) is 73.8 Å². The third-order valence-corrected chi connectivity index (χ3v) is 3.62. The van der Waals surface area contributed by atoms with Gasteiger partial charge in [-0.2, -0.15) is 5.10 Å². The third kappa shape index (κ3) is 4.77. The van der Waals surface area contributed by atoms with Gasteiger partial charge in [-0.05, 0) is 17.7 Å². The molecule has 0 aliphatic heterocycles. The molecule has 0 saturated carbocycles. The first-order chi connectivity index (χ1) is 11.0. The summed E-state index contributed by atoms with van der Waals surface area (Å²) >= 11 is 11.7. The molecule has 2 aromatic rings. The van der Waals surface area contributed by atoms with Crippen molar-refractivity contribution in [2.24, 2.45) is 5.10 Å². The molecule has 0 aliphatic carbocycles. The number of nitro benzene ring substituents is 1. The summed E-state index contributed by atoms with van der Waals surface area (Å²) in [6, 6.07) is 11.0. The Bertz CT molecular complexity index is 778. The van der Waals surface area contributed by atoms with E-state index in [1.165, 1.54) is 18.3 Å². The molecule has 8 heteroatoms. The van der Waals surface area contributed by atoms with Gasteiger partial charge in [-0.3, -0.25) is 14.9 Å². The molecular weight excluding hydrogens is 341 g/mol. The van der Waals surface area contributed by atoms with Gasteiger partial charge in [0.05, 0.1) is 27.6 Å². The zero-order chi connectivity index (χ0) is 16.8. The highest BCUT2D eigenvalue weighted by Crippen LogP contribution is 2.21. The predicted octanol–water partition coefficient (Wildman–Crippen LogP) is 3.59. The SMILES string of the molecule is O=C(Cc1ccccc1[N+](=O)[O-])NN=Cc1ccc(Cl)c(Cl)c1. The van der Waals surface area contributed by atoms with Crippen LogP contribution >= 0.6 is 23.2 Å². The van der Waals surface area contributed by atoms with E-state index in [1.54, 1.807) is 30.3 Å². The molecule has 0 spiro atoms. The molecule has 2 rings (SSSR count). The number of hydrazone groups is 1. The molecule has 0 radical (unpaired) electrons. The van der Waals surface area contributed by atoms with Crippen LogP contribution in [0.15, 0.2) is 47.6 Å². The van der Waals surface area contributed by atoms with E-state index in [9.17, 15) is 14.9 Å². The van der Waals surface area contributed by atoms with E-state index in [0.29, 0.717) is 21.2 Å². The number of nitro groups is 1. The van der Waals surface area contributed by atoms with Crippen molar-refractivity contribution in [2.75, 3.05) is 0 Å². The van der Waals surface area contributed by atoms with Crippen LogP contribution in [0.1, 0.15) is 11.1 Å². The molecular formula is C15H11Cl2N3O3. The largest absolute Gasteiger partial charge is 0.273 e. The highest BCUT2D eigenvalue weighted by molar-refractivity contribution is 6.42. The highest BCUT2D eigenvalue weighted by Gasteiger charge is 2.14. The second kappa shape index (κ2) is 7.71. The second-order valence-corrected chi connectivity index (χ2v) is 5.34. The number of carbonyl (C=O) groups is 1. The molecule has 0 bridgehead atoms. The monoisotopic (exact) mass is 351 g/mol. The first kappa shape index (κ1) is 16.9. The Labute approximate surface area is 141 Å². The number of hydrogen-bond donors (Lipinski definition) is 1. The standard InChI is InChI=1S/C15H11Cl2N3O3/c16-12-6-5-10(7-13(12)17)9-18-19-15(21)8-11-3-1-2-4-14(11)20(22)23/h1-7,9H,8H2,(H,19,21). The van der Waals surface area contributed by atoms with Crippen LogP contribution in [0.25, 0.3) is 0 Å². The number of rotatable bonds is 5. The number of hydrogen-bond acceptors (Lipinski definition) is 4. The predicted molar refractivity (Wildman–Crippen MR) is 89.0 cm³/mol. The maximum absolute atomic E-state index is 11.8. The van der Waals surface area contributed by atoms with Crippen molar-refractivity contribution < 1.29 is 9.72 Å². The third-order valence-electron chi connectivity index (χ3n) is 2.89. The lowest BCUT2D eigenvalue weighted by Crippen LogP contribution is -2.20. The normalized spacial score (nSPS) is 10.7. The van der Waals surface area contributed by atoms with Gasteiger partial charge in [-0.25, -0.2) is 5.43 Å². The molecule has 1 N–H and O–H groups in total. The fourth-order valence-corrected chi connectivity index (χ4v) is 2.13. The van der Waals surface area contributed by atoms with Crippen molar-refractivity contribution in [3.63, 3.8) is 0 Å². The minimum absolute atomic E-state index is 0.101. The van der Waals surface area contributed by atoms with Crippen LogP contribution in [0.5, 0.6) is 0 Å². The number of nitrogens with zero attached hydrogens (tertiary/aromatic N) is 2. The van der Waals surface area contributed by atoms with Crippen molar-refractivity contribution in [1.29, 1.82) is 0 Å². The Morgan fingerprint density at radius 3 is 2.65 bits per heavy atom. The molecule has 6 nitrogen and oxygen atoms in total. The lowest BCUT2D eigenvalue weighted by Gasteiger charge is -2.02. The van der Waals surface area contributed by atoms with E-state index in [-0.39, 0.29) is 12.1 Å².